The van der Waals surface area contributed by atoms with Crippen LogP contribution in [0, 0.1) is 6.92 Å². The van der Waals surface area contributed by atoms with Gasteiger partial charge in [-0.15, -0.1) is 0 Å². The van der Waals surface area contributed by atoms with E-state index in [-0.39, 0.29) is 11.9 Å². The third-order valence-electron chi connectivity index (χ3n) is 4.55. The SMILES string of the molecule is Cc1nc(C2CCCCN2)ncc1C(=O)NC1CCCC1. The molecule has 0 spiro atoms. The van der Waals surface area contributed by atoms with Gasteiger partial charge in [-0.1, -0.05) is 19.3 Å². The maximum atomic E-state index is 12.3. The van der Waals surface area contributed by atoms with Gasteiger partial charge in [0.25, 0.3) is 5.91 Å². The molecule has 0 aromatic carbocycles. The van der Waals surface area contributed by atoms with E-state index in [1.54, 1.807) is 6.20 Å². The molecule has 1 saturated carbocycles. The quantitative estimate of drug-likeness (QED) is 0.895. The molecule has 1 aliphatic heterocycles. The highest BCUT2D eigenvalue weighted by Gasteiger charge is 2.22. The van der Waals surface area contributed by atoms with Gasteiger partial charge in [-0.3, -0.25) is 4.79 Å². The van der Waals surface area contributed by atoms with Crippen molar-refractivity contribution < 1.29 is 4.79 Å². The molecule has 1 atom stereocenters. The Bertz CT molecular complexity index is 505. The fraction of sp³-hybridized carbons (Fsp3) is 0.688. The standard InChI is InChI=1S/C16H24N4O/c1-11-13(16(21)20-12-6-2-3-7-12)10-18-15(19-11)14-8-4-5-9-17-14/h10,12,14,17H,2-9H2,1H3,(H,20,21). The smallest absolute Gasteiger partial charge is 0.254 e. The number of aromatic nitrogens is 2. The molecule has 1 aromatic heterocycles. The second-order valence-electron chi connectivity index (χ2n) is 6.18. The van der Waals surface area contributed by atoms with Crippen LogP contribution < -0.4 is 10.6 Å². The summed E-state index contributed by atoms with van der Waals surface area (Å²) in [6.45, 7) is 2.93. The zero-order valence-electron chi connectivity index (χ0n) is 12.7. The predicted molar refractivity (Wildman–Crippen MR) is 81.1 cm³/mol. The molecule has 2 fully saturated rings. The number of amides is 1. The highest BCUT2D eigenvalue weighted by Crippen LogP contribution is 2.21. The minimum atomic E-state index is -0.0254. The Morgan fingerprint density at radius 1 is 1.24 bits per heavy atom. The Hall–Kier alpha value is -1.49. The van der Waals surface area contributed by atoms with Crippen LogP contribution >= 0.6 is 0 Å². The summed E-state index contributed by atoms with van der Waals surface area (Å²) < 4.78 is 0. The summed E-state index contributed by atoms with van der Waals surface area (Å²) in [5.41, 5.74) is 1.39. The molecule has 5 heteroatoms. The monoisotopic (exact) mass is 288 g/mol. The van der Waals surface area contributed by atoms with Gasteiger partial charge in [0.05, 0.1) is 17.3 Å². The second kappa shape index (κ2) is 6.52. The Morgan fingerprint density at radius 3 is 2.67 bits per heavy atom. The van der Waals surface area contributed by atoms with Crippen LogP contribution in [0.25, 0.3) is 0 Å². The van der Waals surface area contributed by atoms with E-state index in [1.807, 2.05) is 6.92 Å². The van der Waals surface area contributed by atoms with Gasteiger partial charge >= 0.3 is 0 Å². The molecule has 1 amide bonds. The summed E-state index contributed by atoms with van der Waals surface area (Å²) in [5.74, 6) is 0.798. The molecule has 2 heterocycles. The van der Waals surface area contributed by atoms with Crippen molar-refractivity contribution in [1.29, 1.82) is 0 Å². The maximum absolute atomic E-state index is 12.3. The number of aryl methyl sites for hydroxylation is 1. The number of nitrogens with zero attached hydrogens (tertiary/aromatic N) is 2. The van der Waals surface area contributed by atoms with Crippen LogP contribution in [-0.4, -0.2) is 28.5 Å². The van der Waals surface area contributed by atoms with Crippen LogP contribution in [0.2, 0.25) is 0 Å². The first kappa shape index (κ1) is 14.4. The zero-order chi connectivity index (χ0) is 14.7. The van der Waals surface area contributed by atoms with Gasteiger partial charge in [-0.25, -0.2) is 9.97 Å². The van der Waals surface area contributed by atoms with E-state index in [1.165, 1.54) is 25.7 Å². The number of rotatable bonds is 3. The van der Waals surface area contributed by atoms with Gasteiger partial charge < -0.3 is 10.6 Å². The molecule has 5 nitrogen and oxygen atoms in total. The van der Waals surface area contributed by atoms with Crippen molar-refractivity contribution in [1.82, 2.24) is 20.6 Å². The van der Waals surface area contributed by atoms with Gasteiger partial charge in [0, 0.05) is 12.2 Å². The van der Waals surface area contributed by atoms with E-state index in [2.05, 4.69) is 20.6 Å². The largest absolute Gasteiger partial charge is 0.349 e. The molecule has 1 aromatic rings. The molecule has 114 valence electrons. The average molecular weight is 288 g/mol. The molecule has 0 radical (unpaired) electrons. The molecular formula is C16H24N4O. The van der Waals surface area contributed by atoms with E-state index in [0.29, 0.717) is 11.6 Å². The van der Waals surface area contributed by atoms with Gasteiger partial charge in [-0.05, 0) is 39.2 Å². The first-order chi connectivity index (χ1) is 10.2. The first-order valence-corrected chi connectivity index (χ1v) is 8.12. The predicted octanol–water partition coefficient (Wildman–Crippen LogP) is 2.27. The van der Waals surface area contributed by atoms with Crippen LogP contribution in [0.3, 0.4) is 0 Å². The molecule has 2 N–H and O–H groups in total. The summed E-state index contributed by atoms with van der Waals surface area (Å²) in [7, 11) is 0. The molecular weight excluding hydrogens is 264 g/mol. The first-order valence-electron chi connectivity index (χ1n) is 8.12. The molecule has 1 unspecified atom stereocenters. The maximum Gasteiger partial charge on any atom is 0.254 e. The van der Waals surface area contributed by atoms with Gasteiger partial charge in [0.2, 0.25) is 0 Å². The average Bonchev–Trinajstić information content (AvgIpc) is 3.01. The number of carbonyl (C=O) groups is 1. The van der Waals surface area contributed by atoms with E-state index in [9.17, 15) is 4.79 Å². The van der Waals surface area contributed by atoms with Crippen LogP contribution in [-0.2, 0) is 0 Å². The van der Waals surface area contributed by atoms with Crippen molar-refractivity contribution in [2.45, 2.75) is 64.0 Å². The molecule has 1 saturated heterocycles. The number of nitrogens with one attached hydrogen (secondary N) is 2. The van der Waals surface area contributed by atoms with Gasteiger partial charge in [0.1, 0.15) is 5.82 Å². The number of hydrogen-bond acceptors (Lipinski definition) is 4. The van der Waals surface area contributed by atoms with E-state index >= 15 is 0 Å². The lowest BCUT2D eigenvalue weighted by Gasteiger charge is -2.22. The van der Waals surface area contributed by atoms with E-state index in [4.69, 9.17) is 0 Å². The van der Waals surface area contributed by atoms with Gasteiger partial charge in [0.15, 0.2) is 0 Å². The lowest BCUT2D eigenvalue weighted by atomic mass is 10.0. The van der Waals surface area contributed by atoms with Crippen LogP contribution in [0.15, 0.2) is 6.20 Å². The highest BCUT2D eigenvalue weighted by molar-refractivity contribution is 5.95. The number of carbonyl (C=O) groups excluding carboxylic acids is 1. The summed E-state index contributed by atoms with van der Waals surface area (Å²) in [4.78, 5) is 21.3. The third-order valence-corrected chi connectivity index (χ3v) is 4.55. The molecule has 1 aliphatic carbocycles. The highest BCUT2D eigenvalue weighted by atomic mass is 16.1. The third kappa shape index (κ3) is 3.40. The topological polar surface area (TPSA) is 66.9 Å². The lowest BCUT2D eigenvalue weighted by Crippen LogP contribution is -2.34. The summed E-state index contributed by atoms with van der Waals surface area (Å²) >= 11 is 0. The van der Waals surface area contributed by atoms with Crippen molar-refractivity contribution in [3.05, 3.63) is 23.3 Å². The van der Waals surface area contributed by atoms with Crippen LogP contribution in [0.5, 0.6) is 0 Å². The normalized spacial score (nSPS) is 23.2. The van der Waals surface area contributed by atoms with Crippen molar-refractivity contribution in [2.75, 3.05) is 6.54 Å². The molecule has 3 rings (SSSR count). The summed E-state index contributed by atoms with van der Waals surface area (Å²) in [5, 5.41) is 6.54. The Kier molecular flexibility index (Phi) is 4.48. The minimum Gasteiger partial charge on any atom is -0.349 e. The van der Waals surface area contributed by atoms with Crippen LogP contribution in [0.4, 0.5) is 0 Å². The summed E-state index contributed by atoms with van der Waals surface area (Å²) in [6.07, 6.45) is 9.82. The van der Waals surface area contributed by atoms with Crippen molar-refractivity contribution in [3.8, 4) is 0 Å². The van der Waals surface area contributed by atoms with Crippen molar-refractivity contribution in [3.63, 3.8) is 0 Å². The molecule has 21 heavy (non-hydrogen) atoms. The fourth-order valence-corrected chi connectivity index (χ4v) is 3.28. The fourth-order valence-electron chi connectivity index (χ4n) is 3.28. The molecule has 2 aliphatic rings. The van der Waals surface area contributed by atoms with E-state index in [0.717, 1.165) is 37.3 Å². The van der Waals surface area contributed by atoms with Crippen molar-refractivity contribution in [2.24, 2.45) is 0 Å². The number of hydrogen-bond donors (Lipinski definition) is 2. The molecule has 0 bridgehead atoms. The van der Waals surface area contributed by atoms with Crippen LogP contribution in [0.1, 0.15) is 72.9 Å². The summed E-state index contributed by atoms with van der Waals surface area (Å²) in [6, 6.07) is 0.570. The Balaban J connectivity index is 1.69. The van der Waals surface area contributed by atoms with Crippen molar-refractivity contribution >= 4 is 5.91 Å². The van der Waals surface area contributed by atoms with E-state index < -0.39 is 0 Å². The Morgan fingerprint density at radius 2 is 2.00 bits per heavy atom. The second-order valence-corrected chi connectivity index (χ2v) is 6.18. The Labute approximate surface area is 125 Å². The zero-order valence-corrected chi connectivity index (χ0v) is 12.7. The lowest BCUT2D eigenvalue weighted by molar-refractivity contribution is 0.0936. The minimum absolute atomic E-state index is 0.0254. The number of piperidine rings is 1. The van der Waals surface area contributed by atoms with Gasteiger partial charge in [-0.2, -0.15) is 0 Å².